The minimum absolute atomic E-state index is 0.178. The molecular formula is C24H22N4O2. The molecule has 4 rings (SSSR count). The molecular weight excluding hydrogens is 376 g/mol. The SMILES string of the molecule is O=C(NCC#Cc1ccc(N2CCCCC2=O)cc1)c1cc(-c2ccccc2)n[nH]1. The zero-order valence-electron chi connectivity index (χ0n) is 16.5. The van der Waals surface area contributed by atoms with Gasteiger partial charge in [-0.1, -0.05) is 42.2 Å². The minimum atomic E-state index is -0.252. The van der Waals surface area contributed by atoms with Gasteiger partial charge in [-0.3, -0.25) is 14.7 Å². The molecule has 6 heteroatoms. The van der Waals surface area contributed by atoms with E-state index < -0.39 is 0 Å². The molecule has 1 aliphatic rings. The maximum atomic E-state index is 12.3. The van der Waals surface area contributed by atoms with Gasteiger partial charge in [0.05, 0.1) is 12.2 Å². The van der Waals surface area contributed by atoms with Gasteiger partial charge in [-0.25, -0.2) is 0 Å². The van der Waals surface area contributed by atoms with E-state index >= 15 is 0 Å². The summed E-state index contributed by atoms with van der Waals surface area (Å²) in [5, 5.41) is 9.71. The van der Waals surface area contributed by atoms with E-state index in [9.17, 15) is 9.59 Å². The van der Waals surface area contributed by atoms with Crippen molar-refractivity contribution < 1.29 is 9.59 Å². The maximum absolute atomic E-state index is 12.3. The van der Waals surface area contributed by atoms with E-state index in [1.165, 1.54) is 0 Å². The molecule has 6 nitrogen and oxygen atoms in total. The number of nitrogens with one attached hydrogen (secondary N) is 2. The molecule has 2 amide bonds. The van der Waals surface area contributed by atoms with Crippen molar-refractivity contribution in [3.05, 3.63) is 71.9 Å². The highest BCUT2D eigenvalue weighted by atomic mass is 16.2. The molecule has 1 aromatic heterocycles. The van der Waals surface area contributed by atoms with Gasteiger partial charge in [-0.05, 0) is 43.2 Å². The number of aromatic amines is 1. The first-order valence-corrected chi connectivity index (χ1v) is 9.99. The van der Waals surface area contributed by atoms with E-state index in [1.807, 2.05) is 59.5 Å². The van der Waals surface area contributed by atoms with Crippen molar-refractivity contribution in [3.63, 3.8) is 0 Å². The Balaban J connectivity index is 1.31. The molecule has 0 aliphatic carbocycles. The van der Waals surface area contributed by atoms with Gasteiger partial charge in [-0.2, -0.15) is 5.10 Å². The lowest BCUT2D eigenvalue weighted by Gasteiger charge is -2.26. The standard InChI is InChI=1S/C24H22N4O2/c29-23-10-4-5-16-28(23)20-13-11-18(12-14-20)7-6-15-25-24(30)22-17-21(26-27-22)19-8-2-1-3-9-19/h1-3,8-9,11-14,17H,4-5,10,15-16H2,(H,25,30)(H,26,27). The number of benzene rings is 2. The van der Waals surface area contributed by atoms with Crippen molar-refractivity contribution in [2.24, 2.45) is 0 Å². The van der Waals surface area contributed by atoms with Crippen LogP contribution in [0.15, 0.2) is 60.7 Å². The van der Waals surface area contributed by atoms with Crippen LogP contribution in [0.25, 0.3) is 11.3 Å². The first-order valence-electron chi connectivity index (χ1n) is 9.99. The topological polar surface area (TPSA) is 78.1 Å². The number of carbonyl (C=O) groups excluding carboxylic acids is 2. The fraction of sp³-hybridized carbons (Fsp3) is 0.208. The lowest BCUT2D eigenvalue weighted by Crippen LogP contribution is -2.35. The summed E-state index contributed by atoms with van der Waals surface area (Å²) >= 11 is 0. The number of piperidine rings is 1. The molecule has 150 valence electrons. The second-order valence-electron chi connectivity index (χ2n) is 7.07. The van der Waals surface area contributed by atoms with Crippen molar-refractivity contribution in [2.75, 3.05) is 18.0 Å². The van der Waals surface area contributed by atoms with Crippen LogP contribution in [0.2, 0.25) is 0 Å². The normalized spacial score (nSPS) is 13.5. The predicted octanol–water partition coefficient (Wildman–Crippen LogP) is 3.38. The molecule has 2 N–H and O–H groups in total. The summed E-state index contributed by atoms with van der Waals surface area (Å²) in [6, 6.07) is 19.0. The summed E-state index contributed by atoms with van der Waals surface area (Å²) in [5.74, 6) is 5.91. The Kier molecular flexibility index (Phi) is 5.90. The third-order valence-electron chi connectivity index (χ3n) is 4.96. The van der Waals surface area contributed by atoms with Crippen molar-refractivity contribution in [1.29, 1.82) is 0 Å². The van der Waals surface area contributed by atoms with Crippen LogP contribution < -0.4 is 10.2 Å². The maximum Gasteiger partial charge on any atom is 0.270 e. The molecule has 0 bridgehead atoms. The van der Waals surface area contributed by atoms with Gasteiger partial charge in [0.25, 0.3) is 5.91 Å². The van der Waals surface area contributed by atoms with Gasteiger partial charge in [0.15, 0.2) is 0 Å². The van der Waals surface area contributed by atoms with Crippen LogP contribution in [-0.4, -0.2) is 35.1 Å². The van der Waals surface area contributed by atoms with Crippen LogP contribution >= 0.6 is 0 Å². The van der Waals surface area contributed by atoms with Gasteiger partial charge in [0.1, 0.15) is 5.69 Å². The smallest absolute Gasteiger partial charge is 0.270 e. The highest BCUT2D eigenvalue weighted by Gasteiger charge is 2.19. The predicted molar refractivity (Wildman–Crippen MR) is 116 cm³/mol. The third-order valence-corrected chi connectivity index (χ3v) is 4.96. The summed E-state index contributed by atoms with van der Waals surface area (Å²) in [7, 11) is 0. The summed E-state index contributed by atoms with van der Waals surface area (Å²) < 4.78 is 0. The van der Waals surface area contributed by atoms with Crippen molar-refractivity contribution >= 4 is 17.5 Å². The molecule has 1 fully saturated rings. The molecule has 0 atom stereocenters. The van der Waals surface area contributed by atoms with E-state index in [2.05, 4.69) is 27.4 Å². The number of nitrogens with zero attached hydrogens (tertiary/aromatic N) is 2. The van der Waals surface area contributed by atoms with E-state index in [0.29, 0.717) is 12.1 Å². The summed E-state index contributed by atoms with van der Waals surface area (Å²) in [6.07, 6.45) is 2.62. The fourth-order valence-electron chi connectivity index (χ4n) is 3.36. The van der Waals surface area contributed by atoms with Crippen LogP contribution in [0.4, 0.5) is 5.69 Å². The molecule has 0 radical (unpaired) electrons. The Hall–Kier alpha value is -3.85. The van der Waals surface area contributed by atoms with E-state index in [-0.39, 0.29) is 18.4 Å². The molecule has 2 heterocycles. The average Bonchev–Trinajstić information content (AvgIpc) is 3.29. The molecule has 0 saturated carbocycles. The average molecular weight is 398 g/mol. The van der Waals surface area contributed by atoms with Crippen LogP contribution in [0.1, 0.15) is 35.3 Å². The molecule has 30 heavy (non-hydrogen) atoms. The van der Waals surface area contributed by atoms with Crippen molar-refractivity contribution in [2.45, 2.75) is 19.3 Å². The Morgan fingerprint density at radius 2 is 1.90 bits per heavy atom. The largest absolute Gasteiger partial charge is 0.340 e. The van der Waals surface area contributed by atoms with Crippen molar-refractivity contribution in [1.82, 2.24) is 15.5 Å². The van der Waals surface area contributed by atoms with E-state index in [1.54, 1.807) is 6.07 Å². The fourth-order valence-corrected chi connectivity index (χ4v) is 3.36. The number of carbonyl (C=O) groups is 2. The number of hydrogen-bond donors (Lipinski definition) is 2. The number of anilines is 1. The highest BCUT2D eigenvalue weighted by Crippen LogP contribution is 2.21. The van der Waals surface area contributed by atoms with Gasteiger partial charge < -0.3 is 10.2 Å². The Labute approximate surface area is 175 Å². The molecule has 0 unspecified atom stereocenters. The molecule has 1 aliphatic heterocycles. The quantitative estimate of drug-likeness (QED) is 0.662. The molecule has 0 spiro atoms. The Morgan fingerprint density at radius 3 is 2.67 bits per heavy atom. The van der Waals surface area contributed by atoms with Gasteiger partial charge in [-0.15, -0.1) is 0 Å². The number of H-pyrrole nitrogens is 1. The lowest BCUT2D eigenvalue weighted by atomic mass is 10.1. The zero-order valence-corrected chi connectivity index (χ0v) is 16.5. The zero-order chi connectivity index (χ0) is 20.8. The van der Waals surface area contributed by atoms with Crippen LogP contribution in [-0.2, 0) is 4.79 Å². The van der Waals surface area contributed by atoms with Crippen LogP contribution in [0.3, 0.4) is 0 Å². The van der Waals surface area contributed by atoms with Crippen LogP contribution in [0.5, 0.6) is 0 Å². The summed E-state index contributed by atoms with van der Waals surface area (Å²) in [4.78, 5) is 26.1. The lowest BCUT2D eigenvalue weighted by molar-refractivity contribution is -0.119. The number of hydrogen-bond acceptors (Lipinski definition) is 3. The number of rotatable bonds is 4. The Morgan fingerprint density at radius 1 is 1.10 bits per heavy atom. The Bertz CT molecular complexity index is 1090. The van der Waals surface area contributed by atoms with Gasteiger partial charge in [0.2, 0.25) is 5.91 Å². The highest BCUT2D eigenvalue weighted by molar-refractivity contribution is 5.94. The minimum Gasteiger partial charge on any atom is -0.340 e. The first kappa shape index (κ1) is 19.5. The second-order valence-corrected chi connectivity index (χ2v) is 7.07. The summed E-state index contributed by atoms with van der Waals surface area (Å²) in [6.45, 7) is 1.00. The second kappa shape index (κ2) is 9.10. The molecule has 3 aromatic rings. The summed E-state index contributed by atoms with van der Waals surface area (Å²) in [5.41, 5.74) is 3.81. The van der Waals surface area contributed by atoms with E-state index in [0.717, 1.165) is 41.9 Å². The van der Waals surface area contributed by atoms with Gasteiger partial charge in [0, 0.05) is 29.8 Å². The van der Waals surface area contributed by atoms with E-state index in [4.69, 9.17) is 0 Å². The molecule has 2 aromatic carbocycles. The molecule has 1 saturated heterocycles. The number of amides is 2. The van der Waals surface area contributed by atoms with Crippen molar-refractivity contribution in [3.8, 4) is 23.1 Å². The van der Waals surface area contributed by atoms with Crippen LogP contribution in [0, 0.1) is 11.8 Å². The number of aromatic nitrogens is 2. The monoisotopic (exact) mass is 398 g/mol. The third kappa shape index (κ3) is 4.58. The van der Waals surface area contributed by atoms with Gasteiger partial charge >= 0.3 is 0 Å². The first-order chi connectivity index (χ1) is 14.7.